The molecule has 0 aliphatic carbocycles. The minimum absolute atomic E-state index is 0.0986. The monoisotopic (exact) mass is 297 g/mol. The Balaban J connectivity index is 2.36. The molecule has 118 valence electrons. The number of aromatic nitrogens is 1. The molecule has 1 aliphatic heterocycles. The van der Waals surface area contributed by atoms with E-state index in [0.717, 1.165) is 11.5 Å². The lowest BCUT2D eigenvalue weighted by Crippen LogP contribution is -2.40. The van der Waals surface area contributed by atoms with E-state index in [2.05, 4.69) is 81.5 Å². The van der Waals surface area contributed by atoms with Gasteiger partial charge in [-0.15, -0.1) is 0 Å². The van der Waals surface area contributed by atoms with Gasteiger partial charge in [0, 0.05) is 23.5 Å². The van der Waals surface area contributed by atoms with Gasteiger partial charge in [-0.25, -0.2) is 0 Å². The highest BCUT2D eigenvalue weighted by Gasteiger charge is 2.38. The standard InChI is InChI=1S/C19H27N3/c1-12(2)14-11-21-18(17(14)20)22(13(3)4)16-10-8-7-9-15(16)19(21,5)6/h7-13H,20H2,1-6H3. The molecule has 0 spiro atoms. The summed E-state index contributed by atoms with van der Waals surface area (Å²) in [7, 11) is 0. The first-order valence-electron chi connectivity index (χ1n) is 8.16. The van der Waals surface area contributed by atoms with Gasteiger partial charge in [-0.3, -0.25) is 0 Å². The molecule has 0 bridgehead atoms. The van der Waals surface area contributed by atoms with E-state index in [4.69, 9.17) is 5.73 Å². The van der Waals surface area contributed by atoms with E-state index in [9.17, 15) is 0 Å². The molecule has 0 saturated carbocycles. The number of rotatable bonds is 2. The molecule has 3 heteroatoms. The first kappa shape index (κ1) is 15.0. The maximum atomic E-state index is 6.57. The Labute approximate surface area is 133 Å². The zero-order valence-electron chi connectivity index (χ0n) is 14.5. The van der Waals surface area contributed by atoms with E-state index in [1.807, 2.05) is 0 Å². The normalized spacial score (nSPS) is 16.1. The second-order valence-electron chi connectivity index (χ2n) is 7.39. The van der Waals surface area contributed by atoms with Crippen LogP contribution in [-0.4, -0.2) is 10.6 Å². The molecule has 3 nitrogen and oxygen atoms in total. The molecule has 22 heavy (non-hydrogen) atoms. The quantitative estimate of drug-likeness (QED) is 0.861. The summed E-state index contributed by atoms with van der Waals surface area (Å²) < 4.78 is 2.36. The lowest BCUT2D eigenvalue weighted by atomic mass is 9.89. The summed E-state index contributed by atoms with van der Waals surface area (Å²) in [6.07, 6.45) is 2.25. The highest BCUT2D eigenvalue weighted by Crippen LogP contribution is 2.49. The van der Waals surface area contributed by atoms with Crippen LogP contribution in [0.1, 0.15) is 58.6 Å². The van der Waals surface area contributed by atoms with Gasteiger partial charge in [0.05, 0.1) is 11.2 Å². The van der Waals surface area contributed by atoms with Crippen molar-refractivity contribution < 1.29 is 0 Å². The minimum Gasteiger partial charge on any atom is -0.396 e. The summed E-state index contributed by atoms with van der Waals surface area (Å²) in [6.45, 7) is 13.4. The van der Waals surface area contributed by atoms with E-state index in [1.54, 1.807) is 0 Å². The van der Waals surface area contributed by atoms with E-state index in [0.29, 0.717) is 12.0 Å². The van der Waals surface area contributed by atoms with Gasteiger partial charge >= 0.3 is 0 Å². The molecule has 2 N–H and O–H groups in total. The van der Waals surface area contributed by atoms with E-state index < -0.39 is 0 Å². The van der Waals surface area contributed by atoms with Gasteiger partial charge < -0.3 is 15.2 Å². The van der Waals surface area contributed by atoms with Gasteiger partial charge in [0.15, 0.2) is 0 Å². The number of nitrogen functional groups attached to an aromatic ring is 1. The van der Waals surface area contributed by atoms with Crippen LogP contribution in [0.15, 0.2) is 30.5 Å². The minimum atomic E-state index is -0.0986. The average molecular weight is 297 g/mol. The summed E-state index contributed by atoms with van der Waals surface area (Å²) in [5.74, 6) is 1.56. The van der Waals surface area contributed by atoms with Crippen molar-refractivity contribution in [3.05, 3.63) is 41.6 Å². The fourth-order valence-electron chi connectivity index (χ4n) is 3.63. The zero-order chi connectivity index (χ0) is 16.2. The summed E-state index contributed by atoms with van der Waals surface area (Å²) in [5, 5.41) is 0. The fraction of sp³-hybridized carbons (Fsp3) is 0.474. The van der Waals surface area contributed by atoms with E-state index in [-0.39, 0.29) is 5.54 Å². The molecule has 0 radical (unpaired) electrons. The fourth-order valence-corrected chi connectivity index (χ4v) is 3.63. The summed E-state index contributed by atoms with van der Waals surface area (Å²) >= 11 is 0. The van der Waals surface area contributed by atoms with Gasteiger partial charge in [0.2, 0.25) is 0 Å². The number of fused-ring (bicyclic) bond motifs is 2. The molecule has 1 aromatic carbocycles. The van der Waals surface area contributed by atoms with Crippen molar-refractivity contribution in [2.75, 3.05) is 10.6 Å². The number of hydrogen-bond acceptors (Lipinski definition) is 2. The van der Waals surface area contributed by atoms with Gasteiger partial charge in [0.1, 0.15) is 5.82 Å². The van der Waals surface area contributed by atoms with Gasteiger partial charge in [0.25, 0.3) is 0 Å². The second-order valence-corrected chi connectivity index (χ2v) is 7.39. The molecule has 1 aliphatic rings. The van der Waals surface area contributed by atoms with Crippen LogP contribution in [0.3, 0.4) is 0 Å². The van der Waals surface area contributed by atoms with Crippen LogP contribution in [0.5, 0.6) is 0 Å². The molecule has 2 heterocycles. The highest BCUT2D eigenvalue weighted by molar-refractivity contribution is 5.81. The third-order valence-corrected chi connectivity index (χ3v) is 4.84. The van der Waals surface area contributed by atoms with Crippen molar-refractivity contribution in [2.24, 2.45) is 0 Å². The Morgan fingerprint density at radius 3 is 2.27 bits per heavy atom. The van der Waals surface area contributed by atoms with Crippen LogP contribution < -0.4 is 10.6 Å². The first-order valence-corrected chi connectivity index (χ1v) is 8.16. The number of hydrogen-bond donors (Lipinski definition) is 1. The number of para-hydroxylation sites is 1. The maximum Gasteiger partial charge on any atom is 0.138 e. The van der Waals surface area contributed by atoms with Crippen LogP contribution in [0.25, 0.3) is 0 Å². The Kier molecular flexibility index (Phi) is 3.28. The Morgan fingerprint density at radius 2 is 1.68 bits per heavy atom. The lowest BCUT2D eigenvalue weighted by Gasteiger charge is -2.44. The molecule has 0 unspecified atom stereocenters. The van der Waals surface area contributed by atoms with Crippen molar-refractivity contribution >= 4 is 17.2 Å². The molecule has 2 aromatic rings. The summed E-state index contributed by atoms with van der Waals surface area (Å²) in [5.41, 5.74) is 11.3. The van der Waals surface area contributed by atoms with Crippen LogP contribution >= 0.6 is 0 Å². The van der Waals surface area contributed by atoms with Crippen molar-refractivity contribution in [3.63, 3.8) is 0 Å². The van der Waals surface area contributed by atoms with Crippen LogP contribution in [-0.2, 0) is 5.54 Å². The second kappa shape index (κ2) is 4.80. The number of nitrogens with zero attached hydrogens (tertiary/aromatic N) is 2. The number of benzene rings is 1. The molecule has 0 amide bonds. The summed E-state index contributed by atoms with van der Waals surface area (Å²) in [4.78, 5) is 2.38. The third kappa shape index (κ3) is 1.88. The van der Waals surface area contributed by atoms with Gasteiger partial charge in [-0.05, 0) is 45.2 Å². The van der Waals surface area contributed by atoms with Crippen molar-refractivity contribution in [1.82, 2.24) is 4.57 Å². The van der Waals surface area contributed by atoms with Crippen molar-refractivity contribution in [2.45, 2.75) is 59.0 Å². The highest BCUT2D eigenvalue weighted by atomic mass is 15.3. The average Bonchev–Trinajstić information content (AvgIpc) is 2.78. The predicted octanol–water partition coefficient (Wildman–Crippen LogP) is 4.84. The van der Waals surface area contributed by atoms with Gasteiger partial charge in [-0.1, -0.05) is 32.0 Å². The largest absolute Gasteiger partial charge is 0.396 e. The molecule has 3 rings (SSSR count). The van der Waals surface area contributed by atoms with Crippen molar-refractivity contribution in [1.29, 1.82) is 0 Å². The molecule has 0 atom stereocenters. The SMILES string of the molecule is CC(C)c1cn2c(c1N)N(C(C)C)c1ccccc1C2(C)C. The molecule has 0 fully saturated rings. The third-order valence-electron chi connectivity index (χ3n) is 4.84. The first-order chi connectivity index (χ1) is 10.3. The predicted molar refractivity (Wildman–Crippen MR) is 95.1 cm³/mol. The van der Waals surface area contributed by atoms with E-state index >= 15 is 0 Å². The van der Waals surface area contributed by atoms with Crippen LogP contribution in [0, 0.1) is 0 Å². The molecule has 0 saturated heterocycles. The maximum absolute atomic E-state index is 6.57. The zero-order valence-corrected chi connectivity index (χ0v) is 14.5. The molecular formula is C19H27N3. The van der Waals surface area contributed by atoms with Gasteiger partial charge in [-0.2, -0.15) is 0 Å². The smallest absolute Gasteiger partial charge is 0.138 e. The summed E-state index contributed by atoms with van der Waals surface area (Å²) in [6, 6.07) is 9.04. The molecule has 1 aromatic heterocycles. The lowest BCUT2D eigenvalue weighted by molar-refractivity contribution is 0.423. The molecular weight excluding hydrogens is 270 g/mol. The number of nitrogens with two attached hydrogens (primary N) is 1. The Morgan fingerprint density at radius 1 is 1.05 bits per heavy atom. The Bertz CT molecular complexity index is 707. The topological polar surface area (TPSA) is 34.2 Å². The van der Waals surface area contributed by atoms with Crippen LogP contribution in [0.4, 0.5) is 17.2 Å². The van der Waals surface area contributed by atoms with Crippen LogP contribution in [0.2, 0.25) is 0 Å². The number of anilines is 3. The van der Waals surface area contributed by atoms with E-state index in [1.165, 1.54) is 16.8 Å². The van der Waals surface area contributed by atoms with Crippen molar-refractivity contribution in [3.8, 4) is 0 Å². The Hall–Kier alpha value is -1.90.